The minimum Gasteiger partial charge on any atom is -0.374 e. The van der Waals surface area contributed by atoms with Crippen LogP contribution in [0.5, 0.6) is 0 Å². The number of carbonyl (C=O) groups is 1. The van der Waals surface area contributed by atoms with Crippen molar-refractivity contribution in [1.82, 2.24) is 5.32 Å². The molecule has 0 radical (unpaired) electrons. The standard InChI is InChI=1S/C21H19ClF4N2O/c1-13-17(10-15-8-5-9-16(23)18(15)27-13)28-19(29)20(22,12-21(24,25)26)11-14-6-3-2-4-7-14/h2-10,13,27H,11-12H2,1H3,(H,28,29). The SMILES string of the molecule is CC1Nc2c(F)cccc2C=C1NC(=O)C(Cl)(Cc1ccccc1)CC(F)(F)F. The summed E-state index contributed by atoms with van der Waals surface area (Å²) in [5.74, 6) is -1.41. The zero-order valence-corrected chi connectivity index (χ0v) is 16.2. The van der Waals surface area contributed by atoms with Gasteiger partial charge < -0.3 is 10.6 Å². The Labute approximate surface area is 170 Å². The minimum atomic E-state index is -4.63. The average Bonchev–Trinajstić information content (AvgIpc) is 2.62. The van der Waals surface area contributed by atoms with Crippen molar-refractivity contribution in [3.8, 4) is 0 Å². The predicted molar refractivity (Wildman–Crippen MR) is 105 cm³/mol. The van der Waals surface area contributed by atoms with Gasteiger partial charge >= 0.3 is 6.18 Å². The van der Waals surface area contributed by atoms with Crippen LogP contribution in [-0.4, -0.2) is 23.0 Å². The summed E-state index contributed by atoms with van der Waals surface area (Å²) in [5, 5.41) is 5.43. The third-order valence-corrected chi connectivity index (χ3v) is 5.10. The third kappa shape index (κ3) is 5.09. The molecule has 0 spiro atoms. The molecule has 0 aliphatic carbocycles. The Kier molecular flexibility index (Phi) is 5.89. The predicted octanol–water partition coefficient (Wildman–Crippen LogP) is 5.27. The second kappa shape index (κ2) is 8.06. The Balaban J connectivity index is 1.88. The van der Waals surface area contributed by atoms with Gasteiger partial charge in [0.05, 0.1) is 18.2 Å². The highest BCUT2D eigenvalue weighted by Gasteiger charge is 2.47. The van der Waals surface area contributed by atoms with Gasteiger partial charge in [-0.3, -0.25) is 4.79 Å². The van der Waals surface area contributed by atoms with E-state index in [2.05, 4.69) is 10.6 Å². The van der Waals surface area contributed by atoms with Gasteiger partial charge in [0, 0.05) is 17.7 Å². The number of carbonyl (C=O) groups excluding carboxylic acids is 1. The smallest absolute Gasteiger partial charge is 0.374 e. The molecule has 0 bridgehead atoms. The maximum atomic E-state index is 13.9. The number of alkyl halides is 4. The van der Waals surface area contributed by atoms with E-state index in [0.29, 0.717) is 16.8 Å². The number of para-hydroxylation sites is 1. The third-order valence-electron chi connectivity index (χ3n) is 4.66. The highest BCUT2D eigenvalue weighted by atomic mass is 35.5. The van der Waals surface area contributed by atoms with E-state index >= 15 is 0 Å². The van der Waals surface area contributed by atoms with Crippen LogP contribution in [0.15, 0.2) is 54.2 Å². The molecule has 2 aromatic carbocycles. The minimum absolute atomic E-state index is 0.273. The van der Waals surface area contributed by atoms with Crippen molar-refractivity contribution in [3.05, 3.63) is 71.2 Å². The first kappa shape index (κ1) is 21.2. The molecule has 0 saturated carbocycles. The first-order valence-electron chi connectivity index (χ1n) is 8.95. The van der Waals surface area contributed by atoms with Crippen molar-refractivity contribution >= 4 is 29.3 Å². The lowest BCUT2D eigenvalue weighted by atomic mass is 9.93. The first-order chi connectivity index (χ1) is 13.6. The van der Waals surface area contributed by atoms with Gasteiger partial charge in [0.2, 0.25) is 5.91 Å². The van der Waals surface area contributed by atoms with Crippen molar-refractivity contribution in [2.75, 3.05) is 5.32 Å². The summed E-state index contributed by atoms with van der Waals surface area (Å²) in [6, 6.07) is 12.2. The van der Waals surface area contributed by atoms with Crippen LogP contribution in [0.25, 0.3) is 6.08 Å². The summed E-state index contributed by atoms with van der Waals surface area (Å²) in [6.07, 6.45) is -4.87. The van der Waals surface area contributed by atoms with Crippen LogP contribution in [0.1, 0.15) is 24.5 Å². The highest BCUT2D eigenvalue weighted by molar-refractivity contribution is 6.35. The number of hydrogen-bond acceptors (Lipinski definition) is 2. The molecular formula is C21H19ClF4N2O. The van der Waals surface area contributed by atoms with E-state index in [1.165, 1.54) is 18.2 Å². The molecule has 2 atom stereocenters. The molecule has 3 nitrogen and oxygen atoms in total. The quantitative estimate of drug-likeness (QED) is 0.505. The molecule has 0 fully saturated rings. The second-order valence-electron chi connectivity index (χ2n) is 7.04. The highest BCUT2D eigenvalue weighted by Crippen LogP contribution is 2.36. The topological polar surface area (TPSA) is 41.1 Å². The Morgan fingerprint density at radius 2 is 1.83 bits per heavy atom. The summed E-state index contributed by atoms with van der Waals surface area (Å²) >= 11 is 6.26. The van der Waals surface area contributed by atoms with Crippen LogP contribution >= 0.6 is 11.6 Å². The molecule has 1 aliphatic heterocycles. The number of hydrogen-bond donors (Lipinski definition) is 2. The van der Waals surface area contributed by atoms with E-state index in [0.717, 1.165) is 0 Å². The number of anilines is 1. The summed E-state index contributed by atoms with van der Waals surface area (Å²) < 4.78 is 53.5. The lowest BCUT2D eigenvalue weighted by Crippen LogP contribution is -2.48. The number of rotatable bonds is 5. The van der Waals surface area contributed by atoms with Gasteiger partial charge in [0.25, 0.3) is 0 Å². The summed E-state index contributed by atoms with van der Waals surface area (Å²) in [6.45, 7) is 1.67. The number of nitrogens with one attached hydrogen (secondary N) is 2. The molecule has 1 heterocycles. The Bertz CT molecular complexity index is 930. The Morgan fingerprint density at radius 3 is 2.48 bits per heavy atom. The number of amides is 1. The van der Waals surface area contributed by atoms with Crippen LogP contribution in [0.2, 0.25) is 0 Å². The van der Waals surface area contributed by atoms with E-state index in [1.54, 1.807) is 43.3 Å². The molecule has 2 aromatic rings. The van der Waals surface area contributed by atoms with Gasteiger partial charge in [-0.15, -0.1) is 11.6 Å². The average molecular weight is 427 g/mol. The van der Waals surface area contributed by atoms with Crippen molar-refractivity contribution in [3.63, 3.8) is 0 Å². The van der Waals surface area contributed by atoms with Crippen molar-refractivity contribution < 1.29 is 22.4 Å². The van der Waals surface area contributed by atoms with Crippen LogP contribution in [0, 0.1) is 5.82 Å². The van der Waals surface area contributed by atoms with Gasteiger partial charge in [0.1, 0.15) is 10.7 Å². The Morgan fingerprint density at radius 1 is 1.14 bits per heavy atom. The van der Waals surface area contributed by atoms with Crippen molar-refractivity contribution in [2.45, 2.75) is 36.9 Å². The maximum Gasteiger partial charge on any atom is 0.391 e. The zero-order valence-electron chi connectivity index (χ0n) is 15.5. The van der Waals surface area contributed by atoms with E-state index in [-0.39, 0.29) is 12.1 Å². The monoisotopic (exact) mass is 426 g/mol. The van der Waals surface area contributed by atoms with Gasteiger partial charge in [0.15, 0.2) is 0 Å². The van der Waals surface area contributed by atoms with Crippen LogP contribution in [0.4, 0.5) is 23.2 Å². The van der Waals surface area contributed by atoms with Gasteiger partial charge in [-0.2, -0.15) is 13.2 Å². The molecule has 1 amide bonds. The molecule has 0 aromatic heterocycles. The van der Waals surface area contributed by atoms with Crippen LogP contribution in [0.3, 0.4) is 0 Å². The molecule has 2 unspecified atom stereocenters. The largest absolute Gasteiger partial charge is 0.391 e. The maximum absolute atomic E-state index is 13.9. The summed E-state index contributed by atoms with van der Waals surface area (Å²) in [7, 11) is 0. The molecule has 3 rings (SSSR count). The summed E-state index contributed by atoms with van der Waals surface area (Å²) in [4.78, 5) is 10.6. The lowest BCUT2D eigenvalue weighted by Gasteiger charge is -2.31. The first-order valence-corrected chi connectivity index (χ1v) is 9.33. The molecule has 154 valence electrons. The van der Waals surface area contributed by atoms with Crippen molar-refractivity contribution in [1.29, 1.82) is 0 Å². The number of halogens is 5. The van der Waals surface area contributed by atoms with Gasteiger partial charge in [-0.1, -0.05) is 42.5 Å². The zero-order chi connectivity index (χ0) is 21.2. The molecular weight excluding hydrogens is 408 g/mol. The van der Waals surface area contributed by atoms with Crippen LogP contribution in [-0.2, 0) is 11.2 Å². The molecule has 8 heteroatoms. The normalized spacial score (nSPS) is 18.1. The van der Waals surface area contributed by atoms with E-state index in [1.807, 2.05) is 0 Å². The molecule has 29 heavy (non-hydrogen) atoms. The molecule has 2 N–H and O–H groups in total. The van der Waals surface area contributed by atoms with E-state index in [4.69, 9.17) is 11.6 Å². The summed E-state index contributed by atoms with van der Waals surface area (Å²) in [5.41, 5.74) is 1.58. The van der Waals surface area contributed by atoms with Crippen LogP contribution < -0.4 is 10.6 Å². The fraction of sp³-hybridized carbons (Fsp3) is 0.286. The number of fused-ring (bicyclic) bond motifs is 1. The fourth-order valence-electron chi connectivity index (χ4n) is 3.25. The lowest BCUT2D eigenvalue weighted by molar-refractivity contribution is -0.150. The van der Waals surface area contributed by atoms with E-state index < -0.39 is 35.2 Å². The molecule has 0 saturated heterocycles. The van der Waals surface area contributed by atoms with Gasteiger partial charge in [-0.05, 0) is 24.6 Å². The number of benzene rings is 2. The fourth-order valence-corrected chi connectivity index (χ4v) is 3.60. The Hall–Kier alpha value is -2.54. The second-order valence-corrected chi connectivity index (χ2v) is 7.77. The molecule has 1 aliphatic rings. The van der Waals surface area contributed by atoms with Crippen molar-refractivity contribution in [2.24, 2.45) is 0 Å². The van der Waals surface area contributed by atoms with Gasteiger partial charge in [-0.25, -0.2) is 4.39 Å². The van der Waals surface area contributed by atoms with E-state index in [9.17, 15) is 22.4 Å².